The Morgan fingerprint density at radius 3 is 2.52 bits per heavy atom. The van der Waals surface area contributed by atoms with E-state index in [1.165, 1.54) is 0 Å². The summed E-state index contributed by atoms with van der Waals surface area (Å²) < 4.78 is 42.8. The van der Waals surface area contributed by atoms with Crippen molar-refractivity contribution in [2.75, 3.05) is 20.3 Å². The highest BCUT2D eigenvalue weighted by atomic mass is 127. The van der Waals surface area contributed by atoms with Crippen LogP contribution >= 0.6 is 22.6 Å². The fraction of sp³-hybridized carbons (Fsp3) is 0.905. The van der Waals surface area contributed by atoms with Gasteiger partial charge in [0.05, 0.1) is 43.0 Å². The maximum absolute atomic E-state index is 12.8. The molecule has 0 N–H and O–H groups in total. The van der Waals surface area contributed by atoms with Crippen LogP contribution in [0.25, 0.3) is 0 Å². The van der Waals surface area contributed by atoms with E-state index in [1.54, 1.807) is 29.7 Å². The SMILES string of the molecule is CO[C@H]1[C@H](C2(C)O[C@@H]2CCO/C=C(/F)I)[C@]2(CC[C@H]1O[Si](C)(C)C(C)(C)C)CO2. The molecule has 0 bridgehead atoms. The molecule has 5 nitrogen and oxygen atoms in total. The molecule has 1 aliphatic carbocycles. The standard InChI is InChI=1S/C21H36FIO5Si/c1-19(2,3)29(6,7)28-14-8-10-21(13-26-21)18(17(14)24-5)20(4)15(27-20)9-11-25-12-16(22)23/h12,14-15,17-18H,8-11,13H2,1-7H3/b16-12-/t14-,15-,17-,18-,20?,21+/m1/s1. The van der Waals surface area contributed by atoms with Crippen molar-refractivity contribution in [3.05, 3.63) is 10.1 Å². The Bertz CT molecular complexity index is 629. The number of rotatable bonds is 8. The van der Waals surface area contributed by atoms with E-state index >= 15 is 0 Å². The number of epoxide rings is 2. The van der Waals surface area contributed by atoms with Crippen molar-refractivity contribution in [3.8, 4) is 0 Å². The fourth-order valence-electron chi connectivity index (χ4n) is 4.64. The number of methoxy groups -OCH3 is 1. The van der Waals surface area contributed by atoms with Crippen LogP contribution in [0.5, 0.6) is 0 Å². The normalized spacial score (nSPS) is 40.2. The predicted molar refractivity (Wildman–Crippen MR) is 121 cm³/mol. The first-order chi connectivity index (χ1) is 13.4. The maximum atomic E-state index is 12.8. The van der Waals surface area contributed by atoms with Gasteiger partial charge in [-0.05, 0) is 60.5 Å². The van der Waals surface area contributed by atoms with Crippen LogP contribution in [-0.2, 0) is 23.4 Å². The lowest BCUT2D eigenvalue weighted by atomic mass is 9.68. The predicted octanol–water partition coefficient (Wildman–Crippen LogP) is 5.34. The molecule has 6 atom stereocenters. The smallest absolute Gasteiger partial charge is 0.194 e. The Morgan fingerprint density at radius 2 is 2.00 bits per heavy atom. The van der Waals surface area contributed by atoms with Crippen molar-refractivity contribution in [2.45, 2.75) is 94.6 Å². The highest BCUT2D eigenvalue weighted by Crippen LogP contribution is 2.60. The first kappa shape index (κ1) is 23.9. The van der Waals surface area contributed by atoms with Gasteiger partial charge in [0.15, 0.2) is 12.2 Å². The second-order valence-corrected chi connectivity index (χ2v) is 16.1. The van der Waals surface area contributed by atoms with Crippen LogP contribution in [0, 0.1) is 5.92 Å². The second-order valence-electron chi connectivity index (χ2n) is 10.3. The zero-order chi connectivity index (χ0) is 21.7. The van der Waals surface area contributed by atoms with Gasteiger partial charge in [-0.3, -0.25) is 0 Å². The molecular formula is C21H36FIO5Si. The van der Waals surface area contributed by atoms with Crippen molar-refractivity contribution in [2.24, 2.45) is 5.92 Å². The summed E-state index contributed by atoms with van der Waals surface area (Å²) in [6.07, 6.45) is 3.83. The van der Waals surface area contributed by atoms with Crippen molar-refractivity contribution in [3.63, 3.8) is 0 Å². The Balaban J connectivity index is 1.72. The van der Waals surface area contributed by atoms with Gasteiger partial charge < -0.3 is 23.4 Å². The fourth-order valence-corrected chi connectivity index (χ4v) is 6.19. The Hall–Kier alpha value is 0.257. The first-order valence-electron chi connectivity index (χ1n) is 10.5. The van der Waals surface area contributed by atoms with E-state index in [1.807, 2.05) is 0 Å². The van der Waals surface area contributed by atoms with Crippen molar-refractivity contribution >= 4 is 30.9 Å². The van der Waals surface area contributed by atoms with Gasteiger partial charge in [-0.25, -0.2) is 0 Å². The molecule has 1 unspecified atom stereocenters. The van der Waals surface area contributed by atoms with Crippen LogP contribution in [0.1, 0.15) is 47.0 Å². The number of hydrogen-bond donors (Lipinski definition) is 0. The number of ether oxygens (including phenoxy) is 4. The van der Waals surface area contributed by atoms with Gasteiger partial charge >= 0.3 is 0 Å². The molecule has 0 aromatic carbocycles. The van der Waals surface area contributed by atoms with Crippen molar-refractivity contribution in [1.29, 1.82) is 0 Å². The lowest BCUT2D eigenvalue weighted by Gasteiger charge is -2.47. The molecule has 168 valence electrons. The lowest BCUT2D eigenvalue weighted by molar-refractivity contribution is -0.111. The topological polar surface area (TPSA) is 52.8 Å². The molecule has 0 amide bonds. The van der Waals surface area contributed by atoms with Crippen molar-refractivity contribution < 1.29 is 27.8 Å². The summed E-state index contributed by atoms with van der Waals surface area (Å²) in [5.74, 6) is 0.116. The first-order valence-corrected chi connectivity index (χ1v) is 14.5. The van der Waals surface area contributed by atoms with Crippen LogP contribution in [0.4, 0.5) is 4.39 Å². The quantitative estimate of drug-likeness (QED) is 0.136. The second kappa shape index (κ2) is 8.31. The molecule has 0 aromatic rings. The van der Waals surface area contributed by atoms with Gasteiger partial charge in [-0.2, -0.15) is 4.39 Å². The molecular weight excluding hydrogens is 506 g/mol. The van der Waals surface area contributed by atoms with E-state index in [-0.39, 0.29) is 44.3 Å². The zero-order valence-corrected chi connectivity index (χ0v) is 21.9. The molecule has 8 heteroatoms. The molecule has 2 heterocycles. The molecule has 0 radical (unpaired) electrons. The summed E-state index contributed by atoms with van der Waals surface area (Å²) in [6, 6.07) is 0. The van der Waals surface area contributed by atoms with Gasteiger partial charge in [0.2, 0.25) is 0 Å². The Labute approximate surface area is 189 Å². The molecule has 3 rings (SSSR count). The summed E-state index contributed by atoms with van der Waals surface area (Å²) in [5, 5.41) is 0.146. The van der Waals surface area contributed by atoms with Crippen LogP contribution in [0.15, 0.2) is 10.1 Å². The molecule has 0 aromatic heterocycles. The van der Waals surface area contributed by atoms with Gasteiger partial charge in [0.1, 0.15) is 11.9 Å². The van der Waals surface area contributed by atoms with Crippen LogP contribution < -0.4 is 0 Å². The molecule has 3 fully saturated rings. The van der Waals surface area contributed by atoms with E-state index in [2.05, 4.69) is 40.8 Å². The molecule has 3 aliphatic rings. The molecule has 29 heavy (non-hydrogen) atoms. The van der Waals surface area contributed by atoms with Crippen LogP contribution in [0.3, 0.4) is 0 Å². The van der Waals surface area contributed by atoms with Crippen molar-refractivity contribution in [1.82, 2.24) is 0 Å². The van der Waals surface area contributed by atoms with Crippen LogP contribution in [-0.4, -0.2) is 58.2 Å². The maximum Gasteiger partial charge on any atom is 0.194 e. The minimum Gasteiger partial charge on any atom is -0.498 e. The van der Waals surface area contributed by atoms with E-state index in [4.69, 9.17) is 23.4 Å². The minimum absolute atomic E-state index is 0.0506. The summed E-state index contributed by atoms with van der Waals surface area (Å²) in [4.78, 5) is 0. The molecule has 1 spiro atoms. The van der Waals surface area contributed by atoms with Crippen LogP contribution in [0.2, 0.25) is 18.1 Å². The average molecular weight is 543 g/mol. The Kier molecular flexibility index (Phi) is 6.85. The average Bonchev–Trinajstić information content (AvgIpc) is 3.50. The van der Waals surface area contributed by atoms with E-state index in [0.29, 0.717) is 13.0 Å². The number of hydrogen-bond acceptors (Lipinski definition) is 5. The van der Waals surface area contributed by atoms with E-state index in [0.717, 1.165) is 25.7 Å². The van der Waals surface area contributed by atoms with Gasteiger partial charge in [-0.1, -0.05) is 20.8 Å². The summed E-state index contributed by atoms with van der Waals surface area (Å²) in [5.41, 5.74) is -0.491. The highest BCUT2D eigenvalue weighted by molar-refractivity contribution is 14.1. The van der Waals surface area contributed by atoms with Gasteiger partial charge in [-0.15, -0.1) is 0 Å². The number of halogens is 2. The van der Waals surface area contributed by atoms with E-state index < -0.39 is 8.32 Å². The molecule has 1 saturated carbocycles. The highest BCUT2D eigenvalue weighted by Gasteiger charge is 2.72. The summed E-state index contributed by atoms with van der Waals surface area (Å²) in [7, 11) is -0.146. The van der Waals surface area contributed by atoms with E-state index in [9.17, 15) is 4.39 Å². The van der Waals surface area contributed by atoms with Gasteiger partial charge in [0.25, 0.3) is 0 Å². The molecule has 2 aliphatic heterocycles. The molecule has 2 saturated heterocycles. The third-order valence-electron chi connectivity index (χ3n) is 7.42. The lowest BCUT2D eigenvalue weighted by Crippen LogP contribution is -2.58. The Morgan fingerprint density at radius 1 is 1.34 bits per heavy atom. The minimum atomic E-state index is -1.92. The zero-order valence-electron chi connectivity index (χ0n) is 18.7. The summed E-state index contributed by atoms with van der Waals surface area (Å²) in [6.45, 7) is 14.7. The summed E-state index contributed by atoms with van der Waals surface area (Å²) >= 11 is 1.59. The van der Waals surface area contributed by atoms with Gasteiger partial charge in [0, 0.05) is 13.5 Å². The third-order valence-corrected chi connectivity index (χ3v) is 12.2. The largest absolute Gasteiger partial charge is 0.498 e. The monoisotopic (exact) mass is 542 g/mol. The third kappa shape index (κ3) is 4.87.